The van der Waals surface area contributed by atoms with Crippen molar-refractivity contribution in [1.82, 2.24) is 24.6 Å². The standard InChI is InChI=1S/C37H52FN7O2/c1-5-30(27-15-17-37(38,18-16-27)35(46)47)41-36-42-31-14-13-29(26-11-7-6-8-12-26)25(3)33(31)34(43-36)40-32(28-20-39-44(4)22-28)23-45-19-9-10-24(2)21-45/h6-8,11-12,20,22,24-25,27,29-30,32H,5,9-10,13-19,21,23H2,1-4H3,(H,46,47)(H2,40,41,42,43)/t24-,25+,27?,29+,30+,32+,37?/m0/s1. The number of aliphatic carboxylic acids is 1. The smallest absolute Gasteiger partial charge is 0.341 e. The molecule has 1 saturated heterocycles. The Bertz CT molecular complexity index is 1510. The maximum absolute atomic E-state index is 14.9. The van der Waals surface area contributed by atoms with Crippen LogP contribution in [0.5, 0.6) is 0 Å². The number of likely N-dealkylation sites (tertiary alicyclic amines) is 1. The number of hydrogen-bond donors (Lipinski definition) is 3. The Labute approximate surface area is 278 Å². The highest BCUT2D eigenvalue weighted by molar-refractivity contribution is 5.77. The van der Waals surface area contributed by atoms with Gasteiger partial charge >= 0.3 is 5.97 Å². The van der Waals surface area contributed by atoms with Gasteiger partial charge < -0.3 is 20.6 Å². The SMILES string of the molecule is CC[C@@H](Nc1nc2c(c(N[C@H](CN3CCC[C@H](C)C3)c3cnn(C)c3)n1)[C@H](C)[C@H](c1ccccc1)CC2)C1CCC(F)(C(=O)O)CC1. The first-order valence-electron chi connectivity index (χ1n) is 17.8. The van der Waals surface area contributed by atoms with E-state index in [-0.39, 0.29) is 36.8 Å². The molecule has 10 heteroatoms. The average molecular weight is 646 g/mol. The van der Waals surface area contributed by atoms with E-state index in [1.165, 1.54) is 24.0 Å². The Balaban J connectivity index is 1.33. The van der Waals surface area contributed by atoms with Crippen LogP contribution >= 0.6 is 0 Å². The Morgan fingerprint density at radius 3 is 2.53 bits per heavy atom. The molecule has 3 aromatic rings. The zero-order valence-corrected chi connectivity index (χ0v) is 28.5. The number of carboxylic acid groups (broad SMARTS) is 1. The number of hydrogen-bond acceptors (Lipinski definition) is 7. The highest BCUT2D eigenvalue weighted by atomic mass is 19.1. The van der Waals surface area contributed by atoms with Gasteiger partial charge in [0.15, 0.2) is 0 Å². The molecule has 6 rings (SSSR count). The van der Waals surface area contributed by atoms with Crippen LogP contribution < -0.4 is 10.6 Å². The summed E-state index contributed by atoms with van der Waals surface area (Å²) >= 11 is 0. The Morgan fingerprint density at radius 1 is 1.11 bits per heavy atom. The number of alkyl halides is 1. The van der Waals surface area contributed by atoms with Crippen LogP contribution in [0.4, 0.5) is 16.2 Å². The van der Waals surface area contributed by atoms with E-state index < -0.39 is 11.6 Å². The molecule has 0 amide bonds. The molecule has 2 aliphatic carbocycles. The molecule has 0 unspecified atom stereocenters. The number of nitrogens with zero attached hydrogens (tertiary/aromatic N) is 5. The summed E-state index contributed by atoms with van der Waals surface area (Å²) in [5.41, 5.74) is 2.63. The third-order valence-electron chi connectivity index (χ3n) is 11.2. The number of halogens is 1. The van der Waals surface area contributed by atoms with E-state index in [9.17, 15) is 14.3 Å². The number of piperidine rings is 1. The van der Waals surface area contributed by atoms with E-state index in [1.807, 2.05) is 17.9 Å². The Kier molecular flexibility index (Phi) is 10.2. The van der Waals surface area contributed by atoms with E-state index in [1.54, 1.807) is 0 Å². The molecule has 0 radical (unpaired) electrons. The van der Waals surface area contributed by atoms with Crippen molar-refractivity contribution in [3.05, 3.63) is 65.1 Å². The number of carboxylic acids is 1. The number of benzene rings is 1. The minimum atomic E-state index is -2.12. The Morgan fingerprint density at radius 2 is 1.87 bits per heavy atom. The molecule has 47 heavy (non-hydrogen) atoms. The largest absolute Gasteiger partial charge is 0.479 e. The van der Waals surface area contributed by atoms with Crippen LogP contribution in [0.15, 0.2) is 42.7 Å². The number of nitrogens with one attached hydrogen (secondary N) is 2. The van der Waals surface area contributed by atoms with Crippen molar-refractivity contribution in [2.45, 2.75) is 108 Å². The van der Waals surface area contributed by atoms with Crippen molar-refractivity contribution in [3.8, 4) is 0 Å². The first-order valence-corrected chi connectivity index (χ1v) is 17.8. The summed E-state index contributed by atoms with van der Waals surface area (Å²) in [6.07, 6.45) is 10.4. The molecule has 2 aromatic heterocycles. The fourth-order valence-corrected chi connectivity index (χ4v) is 8.42. The van der Waals surface area contributed by atoms with Crippen molar-refractivity contribution in [2.24, 2.45) is 18.9 Å². The summed E-state index contributed by atoms with van der Waals surface area (Å²) in [7, 11) is 1.96. The molecule has 5 atom stereocenters. The molecule has 1 saturated carbocycles. The average Bonchev–Trinajstić information content (AvgIpc) is 3.50. The van der Waals surface area contributed by atoms with Gasteiger partial charge in [0.1, 0.15) is 5.82 Å². The van der Waals surface area contributed by atoms with Crippen LogP contribution in [0.3, 0.4) is 0 Å². The summed E-state index contributed by atoms with van der Waals surface area (Å²) in [5, 5.41) is 21.5. The van der Waals surface area contributed by atoms with Crippen molar-refractivity contribution >= 4 is 17.7 Å². The molecule has 2 fully saturated rings. The monoisotopic (exact) mass is 645 g/mol. The number of anilines is 2. The fourth-order valence-electron chi connectivity index (χ4n) is 8.42. The van der Waals surface area contributed by atoms with Gasteiger partial charge in [-0.3, -0.25) is 4.68 Å². The van der Waals surface area contributed by atoms with Crippen LogP contribution in [0.25, 0.3) is 0 Å². The second-order valence-corrected chi connectivity index (χ2v) is 14.5. The quantitative estimate of drug-likeness (QED) is 0.203. The molecule has 254 valence electrons. The van der Waals surface area contributed by atoms with Crippen LogP contribution in [0, 0.1) is 11.8 Å². The van der Waals surface area contributed by atoms with E-state index in [0.29, 0.717) is 30.6 Å². The summed E-state index contributed by atoms with van der Waals surface area (Å²) in [4.78, 5) is 24.5. The lowest BCUT2D eigenvalue weighted by Crippen LogP contribution is -2.42. The zero-order valence-electron chi connectivity index (χ0n) is 28.5. The second kappa shape index (κ2) is 14.3. The van der Waals surface area contributed by atoms with Gasteiger partial charge in [0.25, 0.3) is 0 Å². The van der Waals surface area contributed by atoms with E-state index in [4.69, 9.17) is 9.97 Å². The maximum Gasteiger partial charge on any atom is 0.341 e. The van der Waals surface area contributed by atoms with Gasteiger partial charge in [-0.2, -0.15) is 10.1 Å². The molecule has 0 spiro atoms. The van der Waals surface area contributed by atoms with Crippen molar-refractivity contribution < 1.29 is 14.3 Å². The number of aryl methyl sites for hydroxylation is 2. The third-order valence-corrected chi connectivity index (χ3v) is 11.2. The normalized spacial score (nSPS) is 27.9. The predicted octanol–water partition coefficient (Wildman–Crippen LogP) is 7.10. The van der Waals surface area contributed by atoms with E-state index in [2.05, 4.69) is 77.9 Å². The maximum atomic E-state index is 14.9. The topological polar surface area (TPSA) is 108 Å². The van der Waals surface area contributed by atoms with Gasteiger partial charge in [-0.15, -0.1) is 0 Å². The fraction of sp³-hybridized carbons (Fsp3) is 0.622. The minimum Gasteiger partial charge on any atom is -0.479 e. The van der Waals surface area contributed by atoms with Crippen LogP contribution in [-0.2, 0) is 18.3 Å². The molecule has 1 aliphatic heterocycles. The molecular formula is C37H52FN7O2. The molecule has 1 aromatic carbocycles. The molecule has 0 bridgehead atoms. The highest BCUT2D eigenvalue weighted by Crippen LogP contribution is 2.45. The lowest BCUT2D eigenvalue weighted by molar-refractivity contribution is -0.153. The van der Waals surface area contributed by atoms with Gasteiger partial charge in [-0.05, 0) is 93.6 Å². The van der Waals surface area contributed by atoms with Crippen LogP contribution in [0.1, 0.15) is 112 Å². The highest BCUT2D eigenvalue weighted by Gasteiger charge is 2.44. The zero-order chi connectivity index (χ0) is 33.1. The Hall–Kier alpha value is -3.53. The van der Waals surface area contributed by atoms with Crippen molar-refractivity contribution in [2.75, 3.05) is 30.3 Å². The number of fused-ring (bicyclic) bond motifs is 1. The second-order valence-electron chi connectivity index (χ2n) is 14.5. The molecule has 3 aliphatic rings. The summed E-state index contributed by atoms with van der Waals surface area (Å²) in [6.45, 7) is 9.81. The molecule has 3 heterocycles. The lowest BCUT2D eigenvalue weighted by Gasteiger charge is -2.37. The van der Waals surface area contributed by atoms with Gasteiger partial charge in [-0.1, -0.05) is 51.1 Å². The third kappa shape index (κ3) is 7.47. The lowest BCUT2D eigenvalue weighted by atomic mass is 9.74. The molecule has 9 nitrogen and oxygen atoms in total. The molecule has 3 N–H and O–H groups in total. The molecular weight excluding hydrogens is 593 g/mol. The van der Waals surface area contributed by atoms with Crippen LogP contribution in [0.2, 0.25) is 0 Å². The van der Waals surface area contributed by atoms with Gasteiger partial charge in [0.05, 0.1) is 17.9 Å². The first-order chi connectivity index (χ1) is 22.6. The van der Waals surface area contributed by atoms with E-state index in [0.717, 1.165) is 56.0 Å². The van der Waals surface area contributed by atoms with E-state index >= 15 is 0 Å². The van der Waals surface area contributed by atoms with Gasteiger partial charge in [0.2, 0.25) is 11.6 Å². The van der Waals surface area contributed by atoms with Crippen molar-refractivity contribution in [3.63, 3.8) is 0 Å². The number of aromatic nitrogens is 4. The summed E-state index contributed by atoms with van der Waals surface area (Å²) < 4.78 is 16.8. The summed E-state index contributed by atoms with van der Waals surface area (Å²) in [6, 6.07) is 10.8. The first kappa shape index (κ1) is 33.4. The van der Waals surface area contributed by atoms with Crippen LogP contribution in [-0.4, -0.2) is 67.1 Å². The minimum absolute atomic E-state index is 0.000774. The predicted molar refractivity (Wildman–Crippen MR) is 183 cm³/mol. The summed E-state index contributed by atoms with van der Waals surface area (Å²) in [5.74, 6) is 1.55. The number of rotatable bonds is 11. The van der Waals surface area contributed by atoms with Gasteiger partial charge in [0, 0.05) is 43.5 Å². The number of carbonyl (C=O) groups is 1. The van der Waals surface area contributed by atoms with Crippen molar-refractivity contribution in [1.29, 1.82) is 0 Å². The van der Waals surface area contributed by atoms with Gasteiger partial charge in [-0.25, -0.2) is 14.2 Å².